The highest BCUT2D eigenvalue weighted by Gasteiger charge is 2.23. The Balaban J connectivity index is 1.75. The van der Waals surface area contributed by atoms with E-state index in [1.165, 1.54) is 76.0 Å². The van der Waals surface area contributed by atoms with Gasteiger partial charge in [0.2, 0.25) is 5.91 Å². The molecule has 0 fully saturated rings. The molecule has 1 aromatic carbocycles. The molecule has 206 valence electrons. The third-order valence-electron chi connectivity index (χ3n) is 6.91. The van der Waals surface area contributed by atoms with Crippen LogP contribution in [0.25, 0.3) is 0 Å². The molecule has 1 aromatic rings. The average Bonchev–Trinajstić information content (AvgIpc) is 2.90. The Morgan fingerprint density at radius 3 is 2.11 bits per heavy atom. The second-order valence-electron chi connectivity index (χ2n) is 9.98. The molecule has 37 heavy (non-hydrogen) atoms. The summed E-state index contributed by atoms with van der Waals surface area (Å²) in [6, 6.07) is 5.13. The fourth-order valence-corrected chi connectivity index (χ4v) is 4.51. The number of benzene rings is 1. The van der Waals surface area contributed by atoms with Gasteiger partial charge >= 0.3 is 0 Å². The van der Waals surface area contributed by atoms with Crippen LogP contribution in [-0.2, 0) is 4.79 Å². The van der Waals surface area contributed by atoms with Crippen LogP contribution in [-0.4, -0.2) is 55.5 Å². The predicted octanol–water partition coefficient (Wildman–Crippen LogP) is 7.15. The van der Waals surface area contributed by atoms with Crippen LogP contribution >= 0.6 is 0 Å². The molecule has 0 aromatic heterocycles. The number of unbranched alkanes of at least 4 members (excludes halogenated alkanes) is 11. The van der Waals surface area contributed by atoms with Crippen molar-refractivity contribution in [3.63, 3.8) is 0 Å². The number of carbonyl (C=O) groups excluding carboxylic acids is 2. The first kappa shape index (κ1) is 30.5. The van der Waals surface area contributed by atoms with Crippen LogP contribution in [0.15, 0.2) is 42.1 Å². The zero-order valence-corrected chi connectivity index (χ0v) is 23.6. The Bertz CT molecular complexity index is 893. The van der Waals surface area contributed by atoms with Crippen molar-refractivity contribution in [2.45, 2.75) is 90.9 Å². The number of allylic oxidation sites excluding steroid dienone is 2. The van der Waals surface area contributed by atoms with E-state index in [1.54, 1.807) is 25.3 Å². The number of amides is 2. The van der Waals surface area contributed by atoms with E-state index in [0.717, 1.165) is 25.1 Å². The molecule has 0 atom stereocenters. The lowest BCUT2D eigenvalue weighted by Crippen LogP contribution is -2.39. The summed E-state index contributed by atoms with van der Waals surface area (Å²) in [5, 5.41) is 0. The van der Waals surface area contributed by atoms with Gasteiger partial charge in [-0.15, -0.1) is 0 Å². The van der Waals surface area contributed by atoms with E-state index >= 15 is 0 Å². The number of methoxy groups -OCH3 is 1. The summed E-state index contributed by atoms with van der Waals surface area (Å²) in [7, 11) is 3.51. The normalized spacial score (nSPS) is 12.9. The first-order valence-electron chi connectivity index (χ1n) is 14.2. The number of ether oxygens (including phenoxy) is 2. The fraction of sp³-hybridized carbons (Fsp3) is 0.613. The number of hydrogen-bond donors (Lipinski definition) is 0. The van der Waals surface area contributed by atoms with Crippen LogP contribution < -0.4 is 9.47 Å². The topological polar surface area (TPSA) is 59.1 Å². The molecule has 1 heterocycles. The summed E-state index contributed by atoms with van der Waals surface area (Å²) < 4.78 is 11.5. The molecule has 1 aliphatic rings. The zero-order chi connectivity index (χ0) is 26.9. The van der Waals surface area contributed by atoms with Gasteiger partial charge in [-0.2, -0.15) is 0 Å². The number of rotatable bonds is 18. The first-order chi connectivity index (χ1) is 18.0. The van der Waals surface area contributed by atoms with Gasteiger partial charge in [-0.05, 0) is 30.7 Å². The Kier molecular flexibility index (Phi) is 14.5. The molecule has 0 aliphatic carbocycles. The summed E-state index contributed by atoms with van der Waals surface area (Å²) in [4.78, 5) is 28.8. The number of hydrogen-bond acceptors (Lipinski definition) is 5. The van der Waals surface area contributed by atoms with E-state index in [0.29, 0.717) is 23.7 Å². The van der Waals surface area contributed by atoms with Crippen LogP contribution in [0, 0.1) is 0 Å². The van der Waals surface area contributed by atoms with Crippen LogP contribution in [0.5, 0.6) is 11.5 Å². The highest BCUT2D eigenvalue weighted by Crippen LogP contribution is 2.29. The van der Waals surface area contributed by atoms with Crippen LogP contribution in [0.3, 0.4) is 0 Å². The van der Waals surface area contributed by atoms with E-state index < -0.39 is 0 Å². The lowest BCUT2D eigenvalue weighted by Gasteiger charge is -2.28. The highest BCUT2D eigenvalue weighted by atomic mass is 16.5. The Morgan fingerprint density at radius 2 is 1.54 bits per heavy atom. The number of nitrogens with zero attached hydrogens (tertiary/aromatic N) is 2. The van der Waals surface area contributed by atoms with E-state index in [9.17, 15) is 9.59 Å². The van der Waals surface area contributed by atoms with Gasteiger partial charge in [0, 0.05) is 31.8 Å². The smallest absolute Gasteiger partial charge is 0.260 e. The van der Waals surface area contributed by atoms with E-state index in [-0.39, 0.29) is 18.4 Å². The van der Waals surface area contributed by atoms with Crippen molar-refractivity contribution in [2.75, 3.05) is 33.9 Å². The van der Waals surface area contributed by atoms with Gasteiger partial charge in [0.25, 0.3) is 5.91 Å². The molecular weight excluding hydrogens is 464 g/mol. The lowest BCUT2D eigenvalue weighted by molar-refractivity contribution is -0.126. The maximum absolute atomic E-state index is 13.2. The van der Waals surface area contributed by atoms with Gasteiger partial charge in [-0.25, -0.2) is 0 Å². The summed E-state index contributed by atoms with van der Waals surface area (Å²) in [5.74, 6) is 0.490. The van der Waals surface area contributed by atoms with E-state index in [4.69, 9.17) is 9.47 Å². The van der Waals surface area contributed by atoms with Crippen LogP contribution in [0.4, 0.5) is 0 Å². The summed E-state index contributed by atoms with van der Waals surface area (Å²) in [5.41, 5.74) is 1.32. The summed E-state index contributed by atoms with van der Waals surface area (Å²) in [6.07, 6.45) is 21.5. The molecule has 0 spiro atoms. The first-order valence-corrected chi connectivity index (χ1v) is 14.2. The zero-order valence-electron chi connectivity index (χ0n) is 23.6. The maximum Gasteiger partial charge on any atom is 0.260 e. The molecule has 2 rings (SSSR count). The van der Waals surface area contributed by atoms with Gasteiger partial charge in [-0.3, -0.25) is 14.5 Å². The fourth-order valence-electron chi connectivity index (χ4n) is 4.51. The maximum atomic E-state index is 13.2. The molecule has 0 saturated carbocycles. The van der Waals surface area contributed by atoms with Crippen molar-refractivity contribution in [1.29, 1.82) is 0 Å². The minimum atomic E-state index is -0.345. The van der Waals surface area contributed by atoms with Crippen molar-refractivity contribution in [3.8, 4) is 11.5 Å². The molecular formula is C31H48N2O4. The molecule has 6 heteroatoms. The lowest BCUT2D eigenvalue weighted by atomic mass is 10.1. The number of carbonyl (C=O) groups is 2. The Morgan fingerprint density at radius 1 is 0.919 bits per heavy atom. The quantitative estimate of drug-likeness (QED) is 0.196. The number of imide groups is 1. The second kappa shape index (κ2) is 17.7. The van der Waals surface area contributed by atoms with Gasteiger partial charge in [0.05, 0.1) is 20.3 Å². The van der Waals surface area contributed by atoms with Crippen molar-refractivity contribution < 1.29 is 19.1 Å². The third kappa shape index (κ3) is 11.0. The Hall–Kier alpha value is -2.76. The van der Waals surface area contributed by atoms with Gasteiger partial charge in [0.15, 0.2) is 11.5 Å². The summed E-state index contributed by atoms with van der Waals surface area (Å²) in [6.45, 7) is 5.29. The summed E-state index contributed by atoms with van der Waals surface area (Å²) >= 11 is 0. The number of likely N-dealkylation sites (N-methyl/N-ethyl adjacent to an activating group) is 1. The van der Waals surface area contributed by atoms with Gasteiger partial charge < -0.3 is 14.4 Å². The van der Waals surface area contributed by atoms with Crippen LogP contribution in [0.2, 0.25) is 0 Å². The third-order valence-corrected chi connectivity index (χ3v) is 6.91. The second-order valence-corrected chi connectivity index (χ2v) is 9.98. The SMILES string of the molecule is CCCCCCCCCCCCCCOc1ccc(C(=O)N(CC2=CC=CCN2C)C(C)=O)cc1OC. The van der Waals surface area contributed by atoms with Crippen molar-refractivity contribution >= 4 is 11.8 Å². The molecule has 0 radical (unpaired) electrons. The minimum Gasteiger partial charge on any atom is -0.493 e. The standard InChI is InChI=1S/C31H48N2O4/c1-5-6-7-8-9-10-11-12-13-14-15-18-23-37-29-21-20-27(24-30(29)36-4)31(35)33(26(2)34)25-28-19-16-17-22-32(28)3/h16-17,19-21,24H,5-15,18,22-23,25H2,1-4H3. The van der Waals surface area contributed by atoms with Crippen molar-refractivity contribution in [2.24, 2.45) is 0 Å². The van der Waals surface area contributed by atoms with Crippen molar-refractivity contribution in [3.05, 3.63) is 47.7 Å². The van der Waals surface area contributed by atoms with Crippen LogP contribution in [0.1, 0.15) is 101 Å². The Labute approximate surface area is 224 Å². The minimum absolute atomic E-state index is 0.231. The van der Waals surface area contributed by atoms with Crippen molar-refractivity contribution in [1.82, 2.24) is 9.80 Å². The van der Waals surface area contributed by atoms with Gasteiger partial charge in [0.1, 0.15) is 0 Å². The predicted molar refractivity (Wildman–Crippen MR) is 151 cm³/mol. The molecule has 6 nitrogen and oxygen atoms in total. The monoisotopic (exact) mass is 512 g/mol. The molecule has 0 bridgehead atoms. The molecule has 0 unspecified atom stereocenters. The average molecular weight is 513 g/mol. The molecule has 0 saturated heterocycles. The molecule has 0 N–H and O–H groups in total. The van der Waals surface area contributed by atoms with E-state index in [1.807, 2.05) is 30.2 Å². The molecule has 2 amide bonds. The molecule has 1 aliphatic heterocycles. The highest BCUT2D eigenvalue weighted by molar-refractivity contribution is 6.04. The van der Waals surface area contributed by atoms with Gasteiger partial charge in [-0.1, -0.05) is 89.7 Å². The largest absolute Gasteiger partial charge is 0.493 e. The van der Waals surface area contributed by atoms with E-state index in [2.05, 4.69) is 6.92 Å².